The number of quaternary nitrogens is 1. The Bertz CT molecular complexity index is 1160. The SMILES string of the molecule is O=C1C=C[N+]2(Cc3ccc(Cl)cc3)C(C(O)C(O)CO)=Cc3cc(CN4CCOCC4)cc1c32. The molecule has 34 heavy (non-hydrogen) atoms. The summed E-state index contributed by atoms with van der Waals surface area (Å²) in [6, 6.07) is 11.4. The average molecular weight is 484 g/mol. The second kappa shape index (κ2) is 9.36. The third-order valence-corrected chi connectivity index (χ3v) is 7.07. The van der Waals surface area contributed by atoms with Crippen molar-refractivity contribution in [3.63, 3.8) is 0 Å². The molecular formula is C26H28ClN2O5+. The number of carbonyl (C=O) groups is 1. The largest absolute Gasteiger partial charge is 0.394 e. The number of ketones is 1. The Balaban J connectivity index is 1.62. The highest BCUT2D eigenvalue weighted by Gasteiger charge is 2.49. The van der Waals surface area contributed by atoms with Gasteiger partial charge in [0.1, 0.15) is 18.8 Å². The minimum Gasteiger partial charge on any atom is -0.394 e. The second-order valence-electron chi connectivity index (χ2n) is 9.07. The first kappa shape index (κ1) is 23.4. The van der Waals surface area contributed by atoms with Crippen LogP contribution in [0.15, 0.2) is 54.4 Å². The molecule has 0 saturated carbocycles. The second-order valence-corrected chi connectivity index (χ2v) is 9.50. The van der Waals surface area contributed by atoms with Gasteiger partial charge in [-0.2, -0.15) is 0 Å². The molecule has 2 aromatic rings. The van der Waals surface area contributed by atoms with Gasteiger partial charge in [-0.05, 0) is 29.8 Å². The number of halogens is 1. The van der Waals surface area contributed by atoms with Crippen molar-refractivity contribution in [1.82, 2.24) is 9.38 Å². The molecule has 0 amide bonds. The van der Waals surface area contributed by atoms with Crippen LogP contribution >= 0.6 is 11.6 Å². The fourth-order valence-corrected chi connectivity index (χ4v) is 5.27. The number of hydrogen-bond donors (Lipinski definition) is 3. The van der Waals surface area contributed by atoms with Crippen molar-refractivity contribution in [2.45, 2.75) is 25.3 Å². The van der Waals surface area contributed by atoms with E-state index < -0.39 is 18.8 Å². The Morgan fingerprint density at radius 2 is 1.82 bits per heavy atom. The summed E-state index contributed by atoms with van der Waals surface area (Å²) in [6.07, 6.45) is 2.51. The maximum Gasteiger partial charge on any atom is 0.197 e. The molecule has 3 N–H and O–H groups in total. The van der Waals surface area contributed by atoms with Crippen LogP contribution in [0, 0.1) is 0 Å². The molecule has 2 aromatic carbocycles. The van der Waals surface area contributed by atoms with Crippen molar-refractivity contribution in [2.24, 2.45) is 0 Å². The lowest BCUT2D eigenvalue weighted by Gasteiger charge is -2.38. The summed E-state index contributed by atoms with van der Waals surface area (Å²) in [4.78, 5) is 15.3. The molecule has 3 aliphatic heterocycles. The molecule has 3 aliphatic rings. The zero-order valence-electron chi connectivity index (χ0n) is 18.7. The highest BCUT2D eigenvalue weighted by molar-refractivity contribution is 6.30. The summed E-state index contributed by atoms with van der Waals surface area (Å²) >= 11 is 6.08. The third kappa shape index (κ3) is 4.14. The molecular weight excluding hydrogens is 456 g/mol. The summed E-state index contributed by atoms with van der Waals surface area (Å²) in [6.45, 7) is 3.59. The zero-order chi connectivity index (χ0) is 23.9. The fourth-order valence-electron chi connectivity index (χ4n) is 5.14. The maximum absolute atomic E-state index is 13.0. The minimum absolute atomic E-state index is 0.0775. The van der Waals surface area contributed by atoms with Crippen molar-refractivity contribution in [3.05, 3.63) is 81.6 Å². The number of aliphatic hydroxyl groups excluding tert-OH is 3. The molecule has 8 heteroatoms. The van der Waals surface area contributed by atoms with E-state index in [1.165, 1.54) is 6.08 Å². The number of aliphatic hydroxyl groups is 3. The molecule has 0 aromatic heterocycles. The minimum atomic E-state index is -1.34. The standard InChI is InChI=1S/C26H28ClN2O5/c27-20-3-1-17(2-4-20)15-29-8-5-23(31)21-12-18(14-28-6-9-34-10-7-28)11-19(25(21)29)13-22(29)26(33)24(32)16-30/h1-5,8,11-13,24,26,30,32-33H,6-7,9-10,14-16H2/q+1. The molecule has 3 atom stereocenters. The molecule has 0 spiro atoms. The van der Waals surface area contributed by atoms with Crippen LogP contribution in [0.2, 0.25) is 5.02 Å². The predicted molar refractivity (Wildman–Crippen MR) is 130 cm³/mol. The van der Waals surface area contributed by atoms with Crippen molar-refractivity contribution in [3.8, 4) is 0 Å². The van der Waals surface area contributed by atoms with E-state index in [2.05, 4.69) is 11.0 Å². The summed E-state index contributed by atoms with van der Waals surface area (Å²) in [7, 11) is 0. The van der Waals surface area contributed by atoms with Gasteiger partial charge in [-0.15, -0.1) is 0 Å². The summed E-state index contributed by atoms with van der Waals surface area (Å²) < 4.78 is 5.53. The van der Waals surface area contributed by atoms with E-state index in [0.29, 0.717) is 42.6 Å². The highest BCUT2D eigenvalue weighted by Crippen LogP contribution is 2.49. The Labute approximate surface area is 203 Å². The van der Waals surface area contributed by atoms with Crippen LogP contribution in [-0.4, -0.2) is 71.1 Å². The lowest BCUT2D eigenvalue weighted by Crippen LogP contribution is -2.49. The molecule has 1 saturated heterocycles. The molecule has 1 fully saturated rings. The van der Waals surface area contributed by atoms with E-state index in [4.69, 9.17) is 16.3 Å². The van der Waals surface area contributed by atoms with Gasteiger partial charge in [-0.25, -0.2) is 4.48 Å². The van der Waals surface area contributed by atoms with E-state index in [0.717, 1.165) is 35.5 Å². The molecule has 178 valence electrons. The van der Waals surface area contributed by atoms with Gasteiger partial charge in [0.05, 0.1) is 25.4 Å². The van der Waals surface area contributed by atoms with E-state index in [9.17, 15) is 20.1 Å². The summed E-state index contributed by atoms with van der Waals surface area (Å²) in [5.41, 5.74) is 4.70. The number of rotatable bonds is 7. The number of benzene rings is 2. The first-order valence-corrected chi connectivity index (χ1v) is 11.8. The maximum atomic E-state index is 13.0. The number of hydrogen-bond acceptors (Lipinski definition) is 6. The van der Waals surface area contributed by atoms with Crippen LogP contribution in [0.5, 0.6) is 0 Å². The van der Waals surface area contributed by atoms with Crippen molar-refractivity contribution in [2.75, 3.05) is 32.9 Å². The highest BCUT2D eigenvalue weighted by atomic mass is 35.5. The topological polar surface area (TPSA) is 90.2 Å². The number of nitrogens with zero attached hydrogens (tertiary/aromatic N) is 2. The quantitative estimate of drug-likeness (QED) is 0.524. The van der Waals surface area contributed by atoms with Crippen molar-refractivity contribution in [1.29, 1.82) is 0 Å². The van der Waals surface area contributed by atoms with E-state index in [1.54, 1.807) is 18.3 Å². The molecule has 0 bridgehead atoms. The Morgan fingerprint density at radius 3 is 2.53 bits per heavy atom. The van der Waals surface area contributed by atoms with E-state index >= 15 is 0 Å². The monoisotopic (exact) mass is 483 g/mol. The molecule has 7 nitrogen and oxygen atoms in total. The van der Waals surface area contributed by atoms with Crippen LogP contribution in [0.1, 0.15) is 27.0 Å². The van der Waals surface area contributed by atoms with Gasteiger partial charge in [0.2, 0.25) is 0 Å². The molecule has 3 heterocycles. The number of allylic oxidation sites excluding steroid dienone is 1. The van der Waals surface area contributed by atoms with Crippen LogP contribution in [-0.2, 0) is 17.8 Å². The lowest BCUT2D eigenvalue weighted by molar-refractivity contribution is -0.00427. The number of morpholine rings is 1. The summed E-state index contributed by atoms with van der Waals surface area (Å²) in [5, 5.41) is 31.5. The van der Waals surface area contributed by atoms with Crippen LogP contribution in [0.25, 0.3) is 6.08 Å². The van der Waals surface area contributed by atoms with Gasteiger partial charge < -0.3 is 20.1 Å². The van der Waals surface area contributed by atoms with Crippen molar-refractivity contribution < 1.29 is 24.9 Å². The Morgan fingerprint density at radius 1 is 1.09 bits per heavy atom. The normalized spacial score (nSPS) is 23.5. The van der Waals surface area contributed by atoms with Crippen LogP contribution in [0.4, 0.5) is 5.69 Å². The number of carbonyl (C=O) groups excluding carboxylic acids is 1. The first-order valence-electron chi connectivity index (χ1n) is 11.4. The fraction of sp³-hybridized carbons (Fsp3) is 0.346. The van der Waals surface area contributed by atoms with Gasteiger partial charge in [-0.3, -0.25) is 9.69 Å². The predicted octanol–water partition coefficient (Wildman–Crippen LogP) is 2.46. The van der Waals surface area contributed by atoms with Gasteiger partial charge >= 0.3 is 0 Å². The van der Waals surface area contributed by atoms with Gasteiger partial charge in [0.25, 0.3) is 0 Å². The van der Waals surface area contributed by atoms with Crippen molar-refractivity contribution >= 4 is 29.1 Å². The van der Waals surface area contributed by atoms with Gasteiger partial charge in [0.15, 0.2) is 23.3 Å². The van der Waals surface area contributed by atoms with E-state index in [-0.39, 0.29) is 10.3 Å². The van der Waals surface area contributed by atoms with Crippen LogP contribution in [0.3, 0.4) is 0 Å². The average Bonchev–Trinajstić information content (AvgIpc) is 3.17. The molecule has 5 rings (SSSR count). The third-order valence-electron chi connectivity index (χ3n) is 6.82. The molecule has 3 unspecified atom stereocenters. The van der Waals surface area contributed by atoms with Gasteiger partial charge in [0, 0.05) is 47.9 Å². The first-order chi connectivity index (χ1) is 16.4. The molecule has 0 radical (unpaired) electrons. The van der Waals surface area contributed by atoms with E-state index in [1.807, 2.05) is 24.3 Å². The number of ether oxygens (including phenoxy) is 1. The lowest BCUT2D eigenvalue weighted by atomic mass is 9.96. The zero-order valence-corrected chi connectivity index (χ0v) is 19.5. The summed E-state index contributed by atoms with van der Waals surface area (Å²) in [5.74, 6) is -0.0863. The Hall–Kier alpha value is -2.36. The van der Waals surface area contributed by atoms with Crippen LogP contribution < -0.4 is 4.48 Å². The van der Waals surface area contributed by atoms with Gasteiger partial charge in [-0.1, -0.05) is 23.7 Å². The molecule has 0 aliphatic carbocycles. The smallest absolute Gasteiger partial charge is 0.197 e. The Kier molecular flexibility index (Phi) is 6.43.